The quantitative estimate of drug-likeness (QED) is 0.628. The summed E-state index contributed by atoms with van der Waals surface area (Å²) < 4.78 is 29.7. The summed E-state index contributed by atoms with van der Waals surface area (Å²) in [6, 6.07) is 2.96. The molecule has 0 amide bonds. The summed E-state index contributed by atoms with van der Waals surface area (Å²) in [5.74, 6) is 0.461. The molecule has 0 spiro atoms. The first-order chi connectivity index (χ1) is 10.4. The largest absolute Gasteiger partial charge is 0.490 e. The molecule has 1 aliphatic rings. The number of nitro groups is 1. The topological polar surface area (TPSA) is 104 Å². The van der Waals surface area contributed by atoms with Gasteiger partial charge in [0.1, 0.15) is 9.84 Å². The maximum atomic E-state index is 11.5. The van der Waals surface area contributed by atoms with E-state index in [0.29, 0.717) is 23.7 Å². The second-order valence-electron chi connectivity index (χ2n) is 5.33. The molecule has 1 saturated heterocycles. The Balaban J connectivity index is 1.98. The zero-order valence-corrected chi connectivity index (χ0v) is 12.7. The van der Waals surface area contributed by atoms with Gasteiger partial charge in [0.25, 0.3) is 0 Å². The van der Waals surface area contributed by atoms with Crippen LogP contribution in [0.3, 0.4) is 0 Å². The van der Waals surface area contributed by atoms with Crippen molar-refractivity contribution in [3.63, 3.8) is 0 Å². The van der Waals surface area contributed by atoms with Crippen LogP contribution in [0.2, 0.25) is 0 Å². The van der Waals surface area contributed by atoms with Crippen LogP contribution in [0.15, 0.2) is 18.3 Å². The van der Waals surface area contributed by atoms with E-state index >= 15 is 0 Å². The summed E-state index contributed by atoms with van der Waals surface area (Å²) in [4.78, 5) is 10.5. The molecule has 0 bridgehead atoms. The van der Waals surface area contributed by atoms with Gasteiger partial charge >= 0.3 is 5.69 Å². The predicted octanol–water partition coefficient (Wildman–Crippen LogP) is 1.70. The maximum absolute atomic E-state index is 11.5. The number of hydrogen-bond donors (Lipinski definition) is 0. The van der Waals surface area contributed by atoms with Crippen molar-refractivity contribution in [2.45, 2.75) is 18.9 Å². The molecule has 9 heteroatoms. The van der Waals surface area contributed by atoms with Gasteiger partial charge in [0.15, 0.2) is 5.75 Å². The molecule has 118 valence electrons. The van der Waals surface area contributed by atoms with E-state index in [1.165, 1.54) is 19.2 Å². The molecule has 22 heavy (non-hydrogen) atoms. The number of rotatable bonds is 3. The molecular formula is C13H15N3O5S. The van der Waals surface area contributed by atoms with Gasteiger partial charge in [-0.1, -0.05) is 0 Å². The molecular weight excluding hydrogens is 310 g/mol. The molecule has 1 aliphatic heterocycles. The lowest BCUT2D eigenvalue weighted by Crippen LogP contribution is -2.25. The number of ether oxygens (including phenoxy) is 1. The molecule has 3 rings (SSSR count). The number of hydrogen-bond acceptors (Lipinski definition) is 6. The summed E-state index contributed by atoms with van der Waals surface area (Å²) in [6.45, 7) is 0. The fourth-order valence-corrected chi connectivity index (χ4v) is 4.16. The van der Waals surface area contributed by atoms with Crippen LogP contribution in [0.25, 0.3) is 10.9 Å². The Bertz CT molecular complexity index is 829. The van der Waals surface area contributed by atoms with Gasteiger partial charge in [-0.2, -0.15) is 5.10 Å². The van der Waals surface area contributed by atoms with E-state index in [1.807, 2.05) is 0 Å². The Labute approximate surface area is 126 Å². The molecule has 1 aromatic carbocycles. The lowest BCUT2D eigenvalue weighted by atomic mass is 10.1. The third-order valence-corrected chi connectivity index (χ3v) is 5.63. The zero-order chi connectivity index (χ0) is 15.9. The van der Waals surface area contributed by atoms with Crippen LogP contribution in [0.1, 0.15) is 18.9 Å². The number of fused-ring (bicyclic) bond motifs is 1. The second-order valence-corrected chi connectivity index (χ2v) is 7.64. The lowest BCUT2D eigenvalue weighted by Gasteiger charge is -2.21. The number of nitrogens with zero attached hydrogens (tertiary/aromatic N) is 3. The van der Waals surface area contributed by atoms with Gasteiger partial charge in [0, 0.05) is 23.7 Å². The molecule has 0 unspecified atom stereocenters. The van der Waals surface area contributed by atoms with Crippen molar-refractivity contribution < 1.29 is 18.1 Å². The minimum absolute atomic E-state index is 0.000904. The Kier molecular flexibility index (Phi) is 3.51. The van der Waals surface area contributed by atoms with Gasteiger partial charge in [-0.15, -0.1) is 0 Å². The van der Waals surface area contributed by atoms with Crippen molar-refractivity contribution in [3.05, 3.63) is 28.4 Å². The average Bonchev–Trinajstić information content (AvgIpc) is 2.88. The molecule has 0 N–H and O–H groups in total. The molecule has 1 fully saturated rings. The highest BCUT2D eigenvalue weighted by Gasteiger charge is 2.26. The van der Waals surface area contributed by atoms with Crippen molar-refractivity contribution >= 4 is 26.4 Å². The first kappa shape index (κ1) is 14.8. The van der Waals surface area contributed by atoms with Crippen LogP contribution in [-0.4, -0.2) is 41.7 Å². The molecule has 2 heterocycles. The Morgan fingerprint density at radius 3 is 2.64 bits per heavy atom. The lowest BCUT2D eigenvalue weighted by molar-refractivity contribution is -0.385. The first-order valence-electron chi connectivity index (χ1n) is 6.81. The Morgan fingerprint density at radius 1 is 1.36 bits per heavy atom. The molecule has 1 aromatic heterocycles. The third-order valence-electron chi connectivity index (χ3n) is 3.92. The van der Waals surface area contributed by atoms with Crippen LogP contribution >= 0.6 is 0 Å². The van der Waals surface area contributed by atoms with Crippen LogP contribution in [0.5, 0.6) is 5.75 Å². The number of aromatic nitrogens is 2. The summed E-state index contributed by atoms with van der Waals surface area (Å²) in [5.41, 5.74) is 0.483. The fourth-order valence-electron chi connectivity index (χ4n) is 2.69. The van der Waals surface area contributed by atoms with Crippen molar-refractivity contribution in [2.75, 3.05) is 18.6 Å². The molecule has 0 atom stereocenters. The van der Waals surface area contributed by atoms with Crippen molar-refractivity contribution in [1.82, 2.24) is 9.78 Å². The predicted molar refractivity (Wildman–Crippen MR) is 79.9 cm³/mol. The van der Waals surface area contributed by atoms with Crippen molar-refractivity contribution in [2.24, 2.45) is 0 Å². The maximum Gasteiger partial charge on any atom is 0.311 e. The van der Waals surface area contributed by atoms with Gasteiger partial charge in [0.05, 0.1) is 35.1 Å². The minimum Gasteiger partial charge on any atom is -0.490 e. The number of methoxy groups -OCH3 is 1. The monoisotopic (exact) mass is 325 g/mol. The van der Waals surface area contributed by atoms with Crippen molar-refractivity contribution in [1.29, 1.82) is 0 Å². The van der Waals surface area contributed by atoms with Gasteiger partial charge < -0.3 is 4.74 Å². The van der Waals surface area contributed by atoms with Gasteiger partial charge in [-0.25, -0.2) is 8.42 Å². The zero-order valence-electron chi connectivity index (χ0n) is 11.9. The number of benzene rings is 1. The fraction of sp³-hybridized carbons (Fsp3) is 0.462. The molecule has 0 saturated carbocycles. The molecule has 0 radical (unpaired) electrons. The average molecular weight is 325 g/mol. The summed E-state index contributed by atoms with van der Waals surface area (Å²) in [5, 5.41) is 16.1. The molecule has 8 nitrogen and oxygen atoms in total. The van der Waals surface area contributed by atoms with Gasteiger partial charge in [-0.05, 0) is 12.8 Å². The number of nitro benzene ring substituents is 1. The standard InChI is InChI=1S/C13H15N3O5S/c1-21-13-7-11-9(6-12(13)16(17)18)8-15(14-11)10-2-4-22(19,20)5-3-10/h6-8,10H,2-5H2,1H3. The minimum atomic E-state index is -2.93. The highest BCUT2D eigenvalue weighted by molar-refractivity contribution is 7.91. The SMILES string of the molecule is COc1cc2nn(C3CCS(=O)(=O)CC3)cc2cc1[N+](=O)[O-]. The Hall–Kier alpha value is -2.16. The van der Waals surface area contributed by atoms with E-state index < -0.39 is 14.8 Å². The third kappa shape index (κ3) is 2.63. The number of sulfone groups is 1. The normalized spacial score (nSPS) is 18.4. The van der Waals surface area contributed by atoms with E-state index in [4.69, 9.17) is 4.74 Å². The smallest absolute Gasteiger partial charge is 0.311 e. The highest BCUT2D eigenvalue weighted by atomic mass is 32.2. The van der Waals surface area contributed by atoms with Crippen LogP contribution in [0.4, 0.5) is 5.69 Å². The molecule has 2 aromatic rings. The van der Waals surface area contributed by atoms with E-state index in [9.17, 15) is 18.5 Å². The summed E-state index contributed by atoms with van der Waals surface area (Å²) in [6.07, 6.45) is 2.75. The van der Waals surface area contributed by atoms with E-state index in [1.54, 1.807) is 10.9 Å². The van der Waals surface area contributed by atoms with Crippen LogP contribution in [0, 0.1) is 10.1 Å². The first-order valence-corrected chi connectivity index (χ1v) is 8.63. The molecule has 0 aliphatic carbocycles. The van der Waals surface area contributed by atoms with Crippen molar-refractivity contribution in [3.8, 4) is 5.75 Å². The Morgan fingerprint density at radius 2 is 2.05 bits per heavy atom. The highest BCUT2D eigenvalue weighted by Crippen LogP contribution is 2.33. The van der Waals surface area contributed by atoms with E-state index in [2.05, 4.69) is 5.10 Å². The van der Waals surface area contributed by atoms with E-state index in [-0.39, 0.29) is 29.0 Å². The second kappa shape index (κ2) is 5.24. The summed E-state index contributed by atoms with van der Waals surface area (Å²) >= 11 is 0. The van der Waals surface area contributed by atoms with E-state index in [0.717, 1.165) is 0 Å². The van der Waals surface area contributed by atoms with Crippen LogP contribution in [-0.2, 0) is 9.84 Å². The summed E-state index contributed by atoms with van der Waals surface area (Å²) in [7, 11) is -1.56. The van der Waals surface area contributed by atoms with Gasteiger partial charge in [0.2, 0.25) is 0 Å². The van der Waals surface area contributed by atoms with Gasteiger partial charge in [-0.3, -0.25) is 14.8 Å². The van der Waals surface area contributed by atoms with Crippen LogP contribution < -0.4 is 4.74 Å².